The number of rotatable bonds is 5. The number of fused-ring (bicyclic) bond motifs is 1. The summed E-state index contributed by atoms with van der Waals surface area (Å²) in [5.41, 5.74) is 3.16. The zero-order valence-corrected chi connectivity index (χ0v) is 14.2. The molecule has 5 nitrogen and oxygen atoms in total. The first-order chi connectivity index (χ1) is 11.7. The van der Waals surface area contributed by atoms with Crippen LogP contribution in [0.3, 0.4) is 0 Å². The van der Waals surface area contributed by atoms with Crippen molar-refractivity contribution in [2.24, 2.45) is 5.92 Å². The van der Waals surface area contributed by atoms with E-state index in [4.69, 9.17) is 14.6 Å². The minimum Gasteiger partial charge on any atom is -0.469 e. The Bertz CT molecular complexity index is 708. The number of pyridine rings is 1. The van der Waals surface area contributed by atoms with Gasteiger partial charge in [-0.25, -0.2) is 9.78 Å². The number of hydrogen-bond donors (Lipinski definition) is 0. The molecule has 128 valence electrons. The summed E-state index contributed by atoms with van der Waals surface area (Å²) in [6.07, 6.45) is 3.73. The molecule has 0 saturated heterocycles. The lowest BCUT2D eigenvalue weighted by atomic mass is 9.80. The van der Waals surface area contributed by atoms with E-state index in [1.165, 1.54) is 14.2 Å². The topological polar surface area (TPSA) is 57.7 Å². The van der Waals surface area contributed by atoms with Gasteiger partial charge < -0.3 is 4.74 Å². The second-order valence-corrected chi connectivity index (χ2v) is 6.26. The van der Waals surface area contributed by atoms with Crippen molar-refractivity contribution in [3.8, 4) is 0 Å². The Morgan fingerprint density at radius 1 is 1.12 bits per heavy atom. The third-order valence-electron chi connectivity index (χ3n) is 4.80. The number of esters is 1. The molecule has 0 amide bonds. The van der Waals surface area contributed by atoms with E-state index in [-0.39, 0.29) is 11.9 Å². The van der Waals surface area contributed by atoms with Crippen molar-refractivity contribution in [3.63, 3.8) is 0 Å². The Morgan fingerprint density at radius 3 is 2.62 bits per heavy atom. The van der Waals surface area contributed by atoms with E-state index in [0.717, 1.165) is 47.8 Å². The molecule has 1 aliphatic rings. The number of nitrogens with zero attached hydrogens (tertiary/aromatic N) is 1. The summed E-state index contributed by atoms with van der Waals surface area (Å²) in [4.78, 5) is 26.1. The fourth-order valence-electron chi connectivity index (χ4n) is 3.43. The fourth-order valence-corrected chi connectivity index (χ4v) is 3.43. The first-order valence-corrected chi connectivity index (χ1v) is 8.34. The molecule has 5 heteroatoms. The lowest BCUT2D eigenvalue weighted by Gasteiger charge is -2.26. The second-order valence-electron chi connectivity index (χ2n) is 6.26. The van der Waals surface area contributed by atoms with Crippen LogP contribution in [0.15, 0.2) is 30.3 Å². The van der Waals surface area contributed by atoms with Gasteiger partial charge in [-0.2, -0.15) is 0 Å². The fraction of sp³-hybridized carbons (Fsp3) is 0.474. The lowest BCUT2D eigenvalue weighted by Crippen LogP contribution is -2.22. The molecule has 1 aromatic carbocycles. The Morgan fingerprint density at radius 2 is 1.92 bits per heavy atom. The number of carbonyl (C=O) groups is 1. The summed E-state index contributed by atoms with van der Waals surface area (Å²) in [5.74, 6) is 0.396. The molecule has 1 aliphatic carbocycles. The zero-order valence-electron chi connectivity index (χ0n) is 14.2. The highest BCUT2D eigenvalue weighted by Gasteiger charge is 2.28. The van der Waals surface area contributed by atoms with E-state index in [2.05, 4.69) is 23.1 Å². The highest BCUT2D eigenvalue weighted by Crippen LogP contribution is 2.36. The standard InChI is InChI=1S/C19H23NO4/c1-22-19(21)15-6-4-14(5-7-15)17-10-8-16-11-13(12-24-23-2)3-9-18(16)20-17/h3,8-11,14-15H,4-7,12H2,1-2H3. The van der Waals surface area contributed by atoms with Gasteiger partial charge in [-0.1, -0.05) is 12.1 Å². The maximum absolute atomic E-state index is 11.6. The summed E-state index contributed by atoms with van der Waals surface area (Å²) in [7, 11) is 2.97. The molecule has 1 fully saturated rings. The largest absolute Gasteiger partial charge is 0.469 e. The van der Waals surface area contributed by atoms with Crippen LogP contribution in [0, 0.1) is 5.92 Å². The van der Waals surface area contributed by atoms with Gasteiger partial charge in [-0.05, 0) is 49.4 Å². The highest BCUT2D eigenvalue weighted by atomic mass is 17.2. The predicted octanol–water partition coefficient (Wildman–Crippen LogP) is 3.76. The maximum atomic E-state index is 11.6. The first-order valence-electron chi connectivity index (χ1n) is 8.34. The van der Waals surface area contributed by atoms with Gasteiger partial charge in [-0.3, -0.25) is 9.78 Å². The summed E-state index contributed by atoms with van der Waals surface area (Å²) < 4.78 is 4.85. The SMILES string of the molecule is COOCc1ccc2nc(C3CCC(C(=O)OC)CC3)ccc2c1. The van der Waals surface area contributed by atoms with Crippen LogP contribution in [0.25, 0.3) is 10.9 Å². The van der Waals surface area contributed by atoms with Crippen LogP contribution < -0.4 is 0 Å². The van der Waals surface area contributed by atoms with E-state index < -0.39 is 0 Å². The molecular weight excluding hydrogens is 306 g/mol. The summed E-state index contributed by atoms with van der Waals surface area (Å²) in [5, 5.41) is 1.10. The number of aromatic nitrogens is 1. The Balaban J connectivity index is 1.71. The Labute approximate surface area is 141 Å². The van der Waals surface area contributed by atoms with Crippen molar-refractivity contribution in [2.75, 3.05) is 14.2 Å². The molecule has 0 spiro atoms. The van der Waals surface area contributed by atoms with Crippen LogP contribution in [0.2, 0.25) is 0 Å². The third kappa shape index (κ3) is 3.74. The van der Waals surface area contributed by atoms with E-state index >= 15 is 0 Å². The predicted molar refractivity (Wildman–Crippen MR) is 90.3 cm³/mol. The molecule has 0 unspecified atom stereocenters. The first kappa shape index (κ1) is 16.9. The summed E-state index contributed by atoms with van der Waals surface area (Å²) >= 11 is 0. The number of carbonyl (C=O) groups excluding carboxylic acids is 1. The molecule has 2 aromatic rings. The van der Waals surface area contributed by atoms with Crippen molar-refractivity contribution >= 4 is 16.9 Å². The van der Waals surface area contributed by atoms with Crippen LogP contribution in [0.1, 0.15) is 42.9 Å². The Kier molecular flexibility index (Phi) is 5.43. The minimum atomic E-state index is -0.0780. The molecule has 0 atom stereocenters. The molecule has 3 rings (SSSR count). The molecule has 0 radical (unpaired) electrons. The maximum Gasteiger partial charge on any atom is 0.308 e. The van der Waals surface area contributed by atoms with Crippen LogP contribution in [0.4, 0.5) is 0 Å². The van der Waals surface area contributed by atoms with Crippen molar-refractivity contribution in [2.45, 2.75) is 38.2 Å². The van der Waals surface area contributed by atoms with Gasteiger partial charge in [-0.15, -0.1) is 0 Å². The van der Waals surface area contributed by atoms with Crippen LogP contribution in [0.5, 0.6) is 0 Å². The minimum absolute atomic E-state index is 0.0510. The number of ether oxygens (including phenoxy) is 1. The van der Waals surface area contributed by atoms with E-state index in [0.29, 0.717) is 12.5 Å². The van der Waals surface area contributed by atoms with Gasteiger partial charge >= 0.3 is 5.97 Å². The molecule has 0 bridgehead atoms. The van der Waals surface area contributed by atoms with Crippen LogP contribution in [-0.4, -0.2) is 25.2 Å². The lowest BCUT2D eigenvalue weighted by molar-refractivity contribution is -0.282. The van der Waals surface area contributed by atoms with E-state index in [1.807, 2.05) is 12.1 Å². The zero-order chi connectivity index (χ0) is 16.9. The molecule has 24 heavy (non-hydrogen) atoms. The molecule has 1 saturated carbocycles. The number of methoxy groups -OCH3 is 1. The summed E-state index contributed by atoms with van der Waals surface area (Å²) in [6, 6.07) is 10.3. The van der Waals surface area contributed by atoms with Crippen molar-refractivity contribution in [1.82, 2.24) is 4.98 Å². The molecular formula is C19H23NO4. The van der Waals surface area contributed by atoms with Gasteiger partial charge in [0, 0.05) is 17.0 Å². The quantitative estimate of drug-likeness (QED) is 0.475. The molecule has 0 aliphatic heterocycles. The molecule has 1 heterocycles. The van der Waals surface area contributed by atoms with Crippen LogP contribution >= 0.6 is 0 Å². The van der Waals surface area contributed by atoms with E-state index in [1.54, 1.807) is 0 Å². The normalized spacial score (nSPS) is 20.9. The van der Waals surface area contributed by atoms with Gasteiger partial charge in [0.25, 0.3) is 0 Å². The van der Waals surface area contributed by atoms with Crippen molar-refractivity contribution in [3.05, 3.63) is 41.6 Å². The average Bonchev–Trinajstić information content (AvgIpc) is 2.65. The number of benzene rings is 1. The van der Waals surface area contributed by atoms with Gasteiger partial charge in [0.2, 0.25) is 0 Å². The third-order valence-corrected chi connectivity index (χ3v) is 4.80. The molecule has 1 aromatic heterocycles. The van der Waals surface area contributed by atoms with Gasteiger partial charge in [0.15, 0.2) is 0 Å². The van der Waals surface area contributed by atoms with Gasteiger partial charge in [0.1, 0.15) is 6.61 Å². The van der Waals surface area contributed by atoms with Crippen molar-refractivity contribution < 1.29 is 19.3 Å². The Hall–Kier alpha value is -1.98. The monoisotopic (exact) mass is 329 g/mol. The average molecular weight is 329 g/mol. The second kappa shape index (κ2) is 7.73. The van der Waals surface area contributed by atoms with E-state index in [9.17, 15) is 4.79 Å². The molecule has 0 N–H and O–H groups in total. The summed E-state index contributed by atoms with van der Waals surface area (Å²) in [6.45, 7) is 0.422. The van der Waals surface area contributed by atoms with Crippen LogP contribution in [-0.2, 0) is 25.9 Å². The van der Waals surface area contributed by atoms with Gasteiger partial charge in [0.05, 0.1) is 25.7 Å². The highest BCUT2D eigenvalue weighted by molar-refractivity contribution is 5.79. The smallest absolute Gasteiger partial charge is 0.308 e. The number of hydrogen-bond acceptors (Lipinski definition) is 5. The van der Waals surface area contributed by atoms with Crippen molar-refractivity contribution in [1.29, 1.82) is 0 Å².